The molecule has 3 heterocycles. The Morgan fingerprint density at radius 3 is 2.55 bits per heavy atom. The number of alkyl halides is 2. The Hall–Kier alpha value is -2.54. The second kappa shape index (κ2) is 9.30. The molecule has 1 aromatic carbocycles. The van der Waals surface area contributed by atoms with Crippen molar-refractivity contribution < 1.29 is 13.6 Å². The summed E-state index contributed by atoms with van der Waals surface area (Å²) in [6.45, 7) is 6.40. The summed E-state index contributed by atoms with van der Waals surface area (Å²) in [7, 11) is 0. The first-order valence-electron chi connectivity index (χ1n) is 10.7. The molecule has 0 atom stereocenters. The molecule has 1 amide bonds. The maximum Gasteiger partial charge on any atom is 0.280 e. The fourth-order valence-electron chi connectivity index (χ4n) is 4.24. The van der Waals surface area contributed by atoms with E-state index in [-0.39, 0.29) is 11.6 Å². The van der Waals surface area contributed by atoms with Gasteiger partial charge in [0.2, 0.25) is 0 Å². The lowest BCUT2D eigenvalue weighted by Gasteiger charge is -2.28. The summed E-state index contributed by atoms with van der Waals surface area (Å²) in [6.07, 6.45) is 1.94. The quantitative estimate of drug-likeness (QED) is 0.523. The topological polar surface area (TPSA) is 45.2 Å². The van der Waals surface area contributed by atoms with Gasteiger partial charge in [0.05, 0.1) is 4.88 Å². The van der Waals surface area contributed by atoms with Crippen LogP contribution in [0.2, 0.25) is 0 Å². The molecule has 1 N–H and O–H groups in total. The van der Waals surface area contributed by atoms with Crippen LogP contribution in [0.5, 0.6) is 0 Å². The van der Waals surface area contributed by atoms with Crippen molar-refractivity contribution in [3.05, 3.63) is 57.6 Å². The van der Waals surface area contributed by atoms with E-state index in [0.717, 1.165) is 36.0 Å². The average Bonchev–Trinajstić information content (AvgIpc) is 3.11. The van der Waals surface area contributed by atoms with Gasteiger partial charge in [0.25, 0.3) is 12.3 Å². The molecule has 4 nitrogen and oxygen atoms in total. The number of aromatic nitrogens is 1. The number of nitrogens with one attached hydrogen (secondary N) is 1. The Morgan fingerprint density at radius 1 is 1.16 bits per heavy atom. The van der Waals surface area contributed by atoms with Gasteiger partial charge in [-0.25, -0.2) is 13.8 Å². The van der Waals surface area contributed by atoms with E-state index in [1.807, 2.05) is 6.92 Å². The molecule has 164 valence electrons. The van der Waals surface area contributed by atoms with Crippen LogP contribution >= 0.6 is 11.3 Å². The van der Waals surface area contributed by atoms with Crippen molar-refractivity contribution in [3.8, 4) is 0 Å². The number of piperidine rings is 1. The number of benzene rings is 1. The van der Waals surface area contributed by atoms with Gasteiger partial charge in [-0.15, -0.1) is 11.3 Å². The number of anilines is 1. The number of hydrogen-bond acceptors (Lipinski definition) is 4. The maximum atomic E-state index is 13.1. The second-order valence-corrected chi connectivity index (χ2v) is 9.12. The Morgan fingerprint density at radius 2 is 1.87 bits per heavy atom. The summed E-state index contributed by atoms with van der Waals surface area (Å²) >= 11 is 1.18. The maximum absolute atomic E-state index is 13.1. The predicted molar refractivity (Wildman–Crippen MR) is 123 cm³/mol. The van der Waals surface area contributed by atoms with E-state index in [2.05, 4.69) is 39.5 Å². The monoisotopic (exact) mass is 443 g/mol. The van der Waals surface area contributed by atoms with Crippen molar-refractivity contribution in [2.75, 3.05) is 24.5 Å². The van der Waals surface area contributed by atoms with Crippen molar-refractivity contribution in [3.63, 3.8) is 0 Å². The van der Waals surface area contributed by atoms with Gasteiger partial charge in [-0.2, -0.15) is 0 Å². The number of amides is 1. The smallest absolute Gasteiger partial charge is 0.280 e. The van der Waals surface area contributed by atoms with Gasteiger partial charge in [0.15, 0.2) is 0 Å². The number of fused-ring (bicyclic) bond motifs is 1. The molecule has 1 saturated heterocycles. The molecular formula is C24H27F2N3OS. The van der Waals surface area contributed by atoms with Gasteiger partial charge in [0.1, 0.15) is 10.5 Å². The van der Waals surface area contributed by atoms with Crippen molar-refractivity contribution in [1.29, 1.82) is 0 Å². The molecular weight excluding hydrogens is 416 g/mol. The van der Waals surface area contributed by atoms with Gasteiger partial charge in [-0.3, -0.25) is 4.79 Å². The van der Waals surface area contributed by atoms with Crippen LogP contribution in [0.3, 0.4) is 0 Å². The Labute approximate surface area is 185 Å². The third-order valence-corrected chi connectivity index (χ3v) is 7.09. The molecule has 1 aliphatic rings. The van der Waals surface area contributed by atoms with Crippen molar-refractivity contribution in [2.24, 2.45) is 0 Å². The third kappa shape index (κ3) is 4.71. The van der Waals surface area contributed by atoms with Crippen LogP contribution < -0.4 is 10.2 Å². The normalized spacial score (nSPS) is 14.4. The number of carbonyl (C=O) groups excluding carboxylic acids is 1. The number of aryl methyl sites for hydroxylation is 2. The minimum absolute atomic E-state index is 0.177. The van der Waals surface area contributed by atoms with Crippen molar-refractivity contribution >= 4 is 33.1 Å². The number of halogens is 2. The van der Waals surface area contributed by atoms with Crippen LogP contribution in [0.4, 0.5) is 14.5 Å². The number of carbonyl (C=O) groups is 1. The average molecular weight is 444 g/mol. The Kier molecular flexibility index (Phi) is 6.51. The molecule has 0 radical (unpaired) electrons. The predicted octanol–water partition coefficient (Wildman–Crippen LogP) is 5.81. The number of hydrogen-bond donors (Lipinski definition) is 1. The molecule has 3 aromatic rings. The van der Waals surface area contributed by atoms with Gasteiger partial charge >= 0.3 is 0 Å². The summed E-state index contributed by atoms with van der Waals surface area (Å²) in [5, 5.41) is 3.77. The van der Waals surface area contributed by atoms with E-state index in [9.17, 15) is 13.6 Å². The third-order valence-electron chi connectivity index (χ3n) is 5.90. The molecule has 1 fully saturated rings. The zero-order chi connectivity index (χ0) is 22.0. The molecule has 0 unspecified atom stereocenters. The zero-order valence-corrected chi connectivity index (χ0v) is 18.7. The summed E-state index contributed by atoms with van der Waals surface area (Å²) in [5.74, 6) is -0.177. The van der Waals surface area contributed by atoms with E-state index in [1.54, 1.807) is 6.92 Å². The summed E-state index contributed by atoms with van der Waals surface area (Å²) < 4.78 is 26.1. The zero-order valence-electron chi connectivity index (χ0n) is 17.9. The van der Waals surface area contributed by atoms with Crippen LogP contribution in [0.25, 0.3) is 10.2 Å². The Bertz CT molecular complexity index is 1070. The number of nitrogens with zero attached hydrogens (tertiary/aromatic N) is 2. The Balaban J connectivity index is 1.39. The van der Waals surface area contributed by atoms with Gasteiger partial charge in [-0.05, 0) is 74.4 Å². The second-order valence-electron chi connectivity index (χ2n) is 8.12. The number of pyridine rings is 1. The van der Waals surface area contributed by atoms with E-state index >= 15 is 0 Å². The minimum Gasteiger partial charge on any atom is -0.372 e. The fraction of sp³-hybridized carbons (Fsp3) is 0.417. The molecule has 0 aliphatic carbocycles. The first-order chi connectivity index (χ1) is 14.9. The lowest BCUT2D eigenvalue weighted by molar-refractivity contribution is 0.0957. The van der Waals surface area contributed by atoms with Crippen molar-refractivity contribution in [1.82, 2.24) is 10.3 Å². The van der Waals surface area contributed by atoms with Gasteiger partial charge in [0, 0.05) is 30.7 Å². The number of thiophene rings is 1. The van der Waals surface area contributed by atoms with Crippen LogP contribution in [0, 0.1) is 13.8 Å². The SMILES string of the molecule is Cc1cc(C(F)F)nc2sc(C(=O)NCCc3ccc(N4CCCCC4)cc3)c(C)c12. The highest BCUT2D eigenvalue weighted by molar-refractivity contribution is 7.20. The van der Waals surface area contributed by atoms with E-state index in [1.165, 1.54) is 47.9 Å². The molecule has 4 rings (SSSR count). The standard InChI is InChI=1S/C24H27F2N3OS/c1-15-14-19(22(25)26)28-24-20(15)16(2)21(31-24)23(30)27-11-10-17-6-8-18(9-7-17)29-12-4-3-5-13-29/h6-9,14,22H,3-5,10-13H2,1-2H3,(H,27,30). The summed E-state index contributed by atoms with van der Waals surface area (Å²) in [5.41, 5.74) is 3.72. The van der Waals surface area contributed by atoms with E-state index in [0.29, 0.717) is 16.3 Å². The molecule has 2 aromatic heterocycles. The van der Waals surface area contributed by atoms with Crippen LogP contribution in [0.15, 0.2) is 30.3 Å². The van der Waals surface area contributed by atoms with Crippen LogP contribution in [-0.2, 0) is 6.42 Å². The molecule has 0 saturated carbocycles. The molecule has 31 heavy (non-hydrogen) atoms. The van der Waals surface area contributed by atoms with Crippen LogP contribution in [0.1, 0.15) is 57.7 Å². The van der Waals surface area contributed by atoms with Crippen LogP contribution in [-0.4, -0.2) is 30.5 Å². The largest absolute Gasteiger partial charge is 0.372 e. The lowest BCUT2D eigenvalue weighted by Crippen LogP contribution is -2.29. The fourth-order valence-corrected chi connectivity index (χ4v) is 5.42. The highest BCUT2D eigenvalue weighted by atomic mass is 32.1. The van der Waals surface area contributed by atoms with Crippen molar-refractivity contribution in [2.45, 2.75) is 46.0 Å². The first-order valence-corrected chi connectivity index (χ1v) is 11.6. The number of rotatable bonds is 6. The molecule has 0 bridgehead atoms. The molecule has 0 spiro atoms. The molecule has 7 heteroatoms. The summed E-state index contributed by atoms with van der Waals surface area (Å²) in [6, 6.07) is 9.98. The first kappa shape index (κ1) is 21.7. The summed E-state index contributed by atoms with van der Waals surface area (Å²) in [4.78, 5) is 20.2. The highest BCUT2D eigenvalue weighted by Gasteiger charge is 2.20. The molecule has 1 aliphatic heterocycles. The highest BCUT2D eigenvalue weighted by Crippen LogP contribution is 2.34. The van der Waals surface area contributed by atoms with Gasteiger partial charge < -0.3 is 10.2 Å². The van der Waals surface area contributed by atoms with Gasteiger partial charge in [-0.1, -0.05) is 12.1 Å². The minimum atomic E-state index is -2.62. The lowest BCUT2D eigenvalue weighted by atomic mass is 10.1. The van der Waals surface area contributed by atoms with E-state index < -0.39 is 6.43 Å². The van der Waals surface area contributed by atoms with E-state index in [4.69, 9.17) is 0 Å².